The molecule has 1 aliphatic heterocycles. The summed E-state index contributed by atoms with van der Waals surface area (Å²) >= 11 is 0. The lowest BCUT2D eigenvalue weighted by atomic mass is 9.93. The van der Waals surface area contributed by atoms with Gasteiger partial charge in [0.15, 0.2) is 11.8 Å². The van der Waals surface area contributed by atoms with Gasteiger partial charge < -0.3 is 40.3 Å². The Kier molecular flexibility index (Phi) is 8.12. The Balaban J connectivity index is 2.31. The molecule has 186 valence electrons. The number of phosphoric ester groups is 1. The summed E-state index contributed by atoms with van der Waals surface area (Å²) in [5.41, 5.74) is 1.95. The highest BCUT2D eigenvalue weighted by Gasteiger charge is 2.58. The molecule has 1 saturated heterocycles. The Labute approximate surface area is 185 Å². The molecule has 0 bridgehead atoms. The summed E-state index contributed by atoms with van der Waals surface area (Å²) in [5, 5.41) is 21.5. The van der Waals surface area contributed by atoms with E-state index in [1.165, 1.54) is 13.0 Å². The number of nitrogen functional groups attached to an aromatic ring is 1. The third-order valence-electron chi connectivity index (χ3n) is 4.03. The molecule has 1 fully saturated rings. The van der Waals surface area contributed by atoms with Crippen molar-refractivity contribution in [2.24, 2.45) is 0 Å². The minimum Gasteiger partial charge on any atom is -0.386 e. The van der Waals surface area contributed by atoms with E-state index in [1.807, 2.05) is 0 Å². The average Bonchev–Trinajstić information content (AvgIpc) is 2.83. The first-order chi connectivity index (χ1) is 14.9. The van der Waals surface area contributed by atoms with Gasteiger partial charge in [-0.15, -0.1) is 5.92 Å². The number of aliphatic hydroxyl groups is 2. The van der Waals surface area contributed by atoms with Gasteiger partial charge in [0.1, 0.15) is 18.0 Å². The Hall–Kier alpha value is -1.47. The van der Waals surface area contributed by atoms with Crippen molar-refractivity contribution in [1.82, 2.24) is 9.55 Å². The van der Waals surface area contributed by atoms with Crippen LogP contribution >= 0.6 is 23.5 Å². The van der Waals surface area contributed by atoms with Crippen LogP contribution in [-0.4, -0.2) is 63.3 Å². The van der Waals surface area contributed by atoms with E-state index >= 15 is 0 Å². The lowest BCUT2D eigenvalue weighted by Crippen LogP contribution is -2.48. The number of hydrogen-bond donors (Lipinski definition) is 7. The quantitative estimate of drug-likeness (QED) is 0.148. The van der Waals surface area contributed by atoms with Crippen molar-refractivity contribution in [3.63, 3.8) is 0 Å². The normalized spacial score (nSPS) is 30.0. The van der Waals surface area contributed by atoms with Gasteiger partial charge in [0.05, 0.1) is 6.10 Å². The first-order valence-electron chi connectivity index (χ1n) is 8.57. The standard InChI is InChI=1S/C13H20N3O14P3/c1-3-5-13(19)10(17)9(27-11(13)16-6-4-8(14)15-12(16)18)7(2)28-32(23,24)30-33(25,26)29-31(20,21)22/h4,6-7,9-11,17,19H,1-2H3,(H,23,24)(H,25,26)(H2,14,15,18)(H2,20,21,22)/t7-,9+,10-,11+,13?/m0/s1. The molecule has 0 aromatic carbocycles. The maximum atomic E-state index is 12.2. The van der Waals surface area contributed by atoms with Gasteiger partial charge >= 0.3 is 29.2 Å². The fourth-order valence-electron chi connectivity index (χ4n) is 2.88. The van der Waals surface area contributed by atoms with Crippen molar-refractivity contribution >= 4 is 29.3 Å². The van der Waals surface area contributed by atoms with Crippen LogP contribution in [-0.2, 0) is 31.6 Å². The maximum Gasteiger partial charge on any atom is 0.490 e. The molecule has 0 spiro atoms. The summed E-state index contributed by atoms with van der Waals surface area (Å²) in [5.74, 6) is 4.46. The molecule has 2 heterocycles. The van der Waals surface area contributed by atoms with E-state index in [0.29, 0.717) is 0 Å². The predicted molar refractivity (Wildman–Crippen MR) is 106 cm³/mol. The highest BCUT2D eigenvalue weighted by Crippen LogP contribution is 2.66. The SMILES string of the molecule is CC#CC1(O)[C@@H](O)[C@@H]([C@H](C)OP(=O)(O)OP(=O)(O)OP(=O)(O)O)O[C@H]1n1ccc(N)nc1=O. The fourth-order valence-corrected chi connectivity index (χ4v) is 6.08. The second-order valence-electron chi connectivity index (χ2n) is 6.54. The van der Waals surface area contributed by atoms with Gasteiger partial charge in [-0.2, -0.15) is 13.6 Å². The van der Waals surface area contributed by atoms with Crippen LogP contribution in [0, 0.1) is 11.8 Å². The monoisotopic (exact) mass is 535 g/mol. The van der Waals surface area contributed by atoms with Gasteiger partial charge in [-0.3, -0.25) is 9.09 Å². The number of nitrogens with two attached hydrogens (primary N) is 1. The number of aliphatic hydroxyl groups excluding tert-OH is 1. The summed E-state index contributed by atoms with van der Waals surface area (Å²) in [4.78, 5) is 51.7. The van der Waals surface area contributed by atoms with Crippen LogP contribution in [0.2, 0.25) is 0 Å². The predicted octanol–water partition coefficient (Wildman–Crippen LogP) is -1.43. The lowest BCUT2D eigenvalue weighted by Gasteiger charge is -2.27. The molecule has 33 heavy (non-hydrogen) atoms. The third kappa shape index (κ3) is 6.78. The summed E-state index contributed by atoms with van der Waals surface area (Å²) in [6, 6.07) is 1.18. The minimum atomic E-state index is -5.79. The van der Waals surface area contributed by atoms with Crippen molar-refractivity contribution in [3.8, 4) is 11.8 Å². The van der Waals surface area contributed by atoms with Crippen LogP contribution in [0.4, 0.5) is 5.82 Å². The van der Waals surface area contributed by atoms with E-state index in [0.717, 1.165) is 17.7 Å². The fraction of sp³-hybridized carbons (Fsp3) is 0.538. The molecular formula is C13H20N3O14P3. The topological polar surface area (TPSA) is 270 Å². The molecule has 1 aromatic heterocycles. The molecular weight excluding hydrogens is 515 g/mol. The molecule has 20 heteroatoms. The van der Waals surface area contributed by atoms with Gasteiger partial charge in [-0.05, 0) is 19.9 Å². The zero-order valence-electron chi connectivity index (χ0n) is 16.7. The third-order valence-corrected chi connectivity index (χ3v) is 7.96. The van der Waals surface area contributed by atoms with E-state index in [1.54, 1.807) is 0 Å². The molecule has 3 unspecified atom stereocenters. The number of hydrogen-bond acceptors (Lipinski definition) is 12. The number of rotatable bonds is 8. The molecule has 2 rings (SSSR count). The first-order valence-corrected chi connectivity index (χ1v) is 13.1. The molecule has 0 saturated carbocycles. The summed E-state index contributed by atoms with van der Waals surface area (Å²) in [6.07, 6.45) is -6.02. The van der Waals surface area contributed by atoms with Crippen molar-refractivity contribution in [1.29, 1.82) is 0 Å². The zero-order chi connectivity index (χ0) is 25.4. The Bertz CT molecular complexity index is 1160. The summed E-state index contributed by atoms with van der Waals surface area (Å²) in [7, 11) is -17.0. The second kappa shape index (κ2) is 9.65. The van der Waals surface area contributed by atoms with E-state index in [2.05, 4.69) is 30.0 Å². The lowest BCUT2D eigenvalue weighted by molar-refractivity contribution is -0.0868. The molecule has 0 aliphatic carbocycles. The Morgan fingerprint density at radius 2 is 1.85 bits per heavy atom. The second-order valence-corrected chi connectivity index (χ2v) is 10.9. The molecule has 0 amide bonds. The molecule has 1 aliphatic rings. The summed E-state index contributed by atoms with van der Waals surface area (Å²) in [6.45, 7) is 2.31. The molecule has 17 nitrogen and oxygen atoms in total. The number of anilines is 1. The first kappa shape index (κ1) is 27.8. The van der Waals surface area contributed by atoms with E-state index in [9.17, 15) is 38.5 Å². The largest absolute Gasteiger partial charge is 0.490 e. The van der Waals surface area contributed by atoms with Gasteiger partial charge in [0.2, 0.25) is 0 Å². The Morgan fingerprint density at radius 3 is 2.36 bits per heavy atom. The molecule has 8 N–H and O–H groups in total. The smallest absolute Gasteiger partial charge is 0.386 e. The van der Waals surface area contributed by atoms with E-state index in [-0.39, 0.29) is 5.82 Å². The van der Waals surface area contributed by atoms with Crippen LogP contribution in [0.1, 0.15) is 20.1 Å². The van der Waals surface area contributed by atoms with Gasteiger partial charge in [0, 0.05) is 6.20 Å². The molecule has 0 radical (unpaired) electrons. The van der Waals surface area contributed by atoms with Crippen LogP contribution in [0.5, 0.6) is 0 Å². The summed E-state index contributed by atoms with van der Waals surface area (Å²) < 4.78 is 52.2. The minimum absolute atomic E-state index is 0.155. The maximum absolute atomic E-state index is 12.2. The van der Waals surface area contributed by atoms with Crippen LogP contribution in [0.3, 0.4) is 0 Å². The highest BCUT2D eigenvalue weighted by molar-refractivity contribution is 7.66. The number of aromatic nitrogens is 2. The number of phosphoric acid groups is 3. The van der Waals surface area contributed by atoms with Crippen LogP contribution < -0.4 is 11.4 Å². The highest BCUT2D eigenvalue weighted by atomic mass is 31.3. The molecule has 1 aromatic rings. The van der Waals surface area contributed by atoms with Crippen LogP contribution in [0.15, 0.2) is 17.1 Å². The van der Waals surface area contributed by atoms with E-state index in [4.69, 9.17) is 20.3 Å². The molecule has 7 atom stereocenters. The van der Waals surface area contributed by atoms with Gasteiger partial charge in [0.25, 0.3) is 0 Å². The van der Waals surface area contributed by atoms with Crippen molar-refractivity contribution in [3.05, 3.63) is 22.7 Å². The number of nitrogens with zero attached hydrogens (tertiary/aromatic N) is 2. The zero-order valence-corrected chi connectivity index (χ0v) is 19.4. The Morgan fingerprint density at radius 1 is 1.24 bits per heavy atom. The van der Waals surface area contributed by atoms with Crippen LogP contribution in [0.25, 0.3) is 0 Å². The van der Waals surface area contributed by atoms with Crippen molar-refractivity contribution in [2.45, 2.75) is 44.0 Å². The van der Waals surface area contributed by atoms with Gasteiger partial charge in [-0.1, -0.05) is 5.92 Å². The average molecular weight is 535 g/mol. The van der Waals surface area contributed by atoms with Crippen molar-refractivity contribution < 1.29 is 61.4 Å². The van der Waals surface area contributed by atoms with E-state index < -0.39 is 59.3 Å². The van der Waals surface area contributed by atoms with Gasteiger partial charge in [-0.25, -0.2) is 18.5 Å². The van der Waals surface area contributed by atoms with Crippen molar-refractivity contribution in [2.75, 3.05) is 5.73 Å². The number of ether oxygens (including phenoxy) is 1.